The van der Waals surface area contributed by atoms with Gasteiger partial charge in [-0.25, -0.2) is 0 Å². The van der Waals surface area contributed by atoms with Crippen molar-refractivity contribution in [1.29, 1.82) is 0 Å². The van der Waals surface area contributed by atoms with Crippen molar-refractivity contribution in [3.8, 4) is 5.75 Å². The van der Waals surface area contributed by atoms with Crippen LogP contribution >= 0.6 is 24.0 Å². The third-order valence-electron chi connectivity index (χ3n) is 4.07. The molecule has 0 amide bonds. The van der Waals surface area contributed by atoms with Crippen LogP contribution in [0.5, 0.6) is 5.75 Å². The number of nitrogens with zero attached hydrogens (tertiary/aromatic N) is 1. The topological polar surface area (TPSA) is 65.9 Å². The Balaban J connectivity index is 0.00000529. The molecule has 0 aromatic heterocycles. The van der Waals surface area contributed by atoms with Gasteiger partial charge in [-0.3, -0.25) is 4.99 Å². The molecule has 3 N–H and O–H groups in total. The summed E-state index contributed by atoms with van der Waals surface area (Å²) in [5.41, 5.74) is 0.447. The number of aliphatic hydroxyl groups is 1. The number of para-hydroxylation sites is 1. The number of nitrogens with one attached hydrogen (secondary N) is 2. The monoisotopic (exact) mass is 449 g/mol. The number of aliphatic imine (C=N–C) groups is 1. The van der Waals surface area contributed by atoms with Crippen LogP contribution in [0.1, 0.15) is 39.2 Å². The molecule has 24 heavy (non-hydrogen) atoms. The highest BCUT2D eigenvalue weighted by molar-refractivity contribution is 14.0. The number of ether oxygens (including phenoxy) is 1. The summed E-state index contributed by atoms with van der Waals surface area (Å²) in [6.07, 6.45) is 2.25. The van der Waals surface area contributed by atoms with Crippen LogP contribution in [0.3, 0.4) is 0 Å². The third-order valence-corrected chi connectivity index (χ3v) is 4.07. The minimum absolute atomic E-state index is 0. The Morgan fingerprint density at radius 1 is 1.17 bits per heavy atom. The van der Waals surface area contributed by atoms with E-state index in [1.807, 2.05) is 39.0 Å². The van der Waals surface area contributed by atoms with Gasteiger partial charge in [-0.05, 0) is 37.8 Å². The minimum Gasteiger partial charge on any atom is -0.496 e. The molecule has 0 radical (unpaired) electrons. The average Bonchev–Trinajstić information content (AvgIpc) is 2.59. The molecule has 0 aliphatic carbocycles. The van der Waals surface area contributed by atoms with Crippen molar-refractivity contribution < 1.29 is 9.84 Å². The fourth-order valence-electron chi connectivity index (χ4n) is 2.27. The second kappa shape index (κ2) is 12.4. The molecule has 1 rings (SSSR count). The van der Waals surface area contributed by atoms with E-state index in [1.54, 1.807) is 7.11 Å². The van der Waals surface area contributed by atoms with Crippen molar-refractivity contribution in [3.63, 3.8) is 0 Å². The zero-order valence-corrected chi connectivity index (χ0v) is 17.6. The van der Waals surface area contributed by atoms with Gasteiger partial charge in [0.05, 0.1) is 19.3 Å². The van der Waals surface area contributed by atoms with Crippen LogP contribution in [-0.4, -0.2) is 43.4 Å². The Kier molecular flexibility index (Phi) is 11.8. The second-order valence-electron chi connectivity index (χ2n) is 5.62. The van der Waals surface area contributed by atoms with Gasteiger partial charge in [0.15, 0.2) is 5.96 Å². The Morgan fingerprint density at radius 3 is 2.42 bits per heavy atom. The molecule has 0 saturated carbocycles. The first kappa shape index (κ1) is 23.0. The SMILES string of the molecule is CCNC(=NCC(O)(CC)CC)NCCc1ccccc1OC.I. The van der Waals surface area contributed by atoms with Gasteiger partial charge >= 0.3 is 0 Å². The van der Waals surface area contributed by atoms with Gasteiger partial charge < -0.3 is 20.5 Å². The molecular weight excluding hydrogens is 417 g/mol. The van der Waals surface area contributed by atoms with Crippen molar-refractivity contribution in [2.24, 2.45) is 4.99 Å². The minimum atomic E-state index is -0.717. The lowest BCUT2D eigenvalue weighted by Crippen LogP contribution is -2.40. The van der Waals surface area contributed by atoms with Crippen LogP contribution in [-0.2, 0) is 6.42 Å². The lowest BCUT2D eigenvalue weighted by atomic mass is 9.98. The molecule has 0 aliphatic heterocycles. The quantitative estimate of drug-likeness (QED) is 0.308. The summed E-state index contributed by atoms with van der Waals surface area (Å²) < 4.78 is 5.36. The van der Waals surface area contributed by atoms with Crippen LogP contribution in [0.15, 0.2) is 29.3 Å². The van der Waals surface area contributed by atoms with Crippen molar-refractivity contribution in [2.45, 2.75) is 45.6 Å². The largest absolute Gasteiger partial charge is 0.496 e. The van der Waals surface area contributed by atoms with Gasteiger partial charge in [-0.1, -0.05) is 32.0 Å². The first-order chi connectivity index (χ1) is 11.1. The Hall–Kier alpha value is -1.02. The average molecular weight is 449 g/mol. The van der Waals surface area contributed by atoms with E-state index in [0.29, 0.717) is 19.4 Å². The van der Waals surface area contributed by atoms with E-state index in [2.05, 4.69) is 21.7 Å². The van der Waals surface area contributed by atoms with E-state index >= 15 is 0 Å². The molecular formula is C18H32IN3O2. The predicted molar refractivity (Wildman–Crippen MR) is 112 cm³/mol. The summed E-state index contributed by atoms with van der Waals surface area (Å²) in [6.45, 7) is 7.95. The highest BCUT2D eigenvalue weighted by Crippen LogP contribution is 2.17. The van der Waals surface area contributed by atoms with Crippen molar-refractivity contribution in [2.75, 3.05) is 26.7 Å². The molecule has 6 heteroatoms. The molecule has 1 aromatic carbocycles. The highest BCUT2D eigenvalue weighted by Gasteiger charge is 2.21. The Labute approximate surface area is 163 Å². The number of hydrogen-bond donors (Lipinski definition) is 3. The number of halogens is 1. The Morgan fingerprint density at radius 2 is 1.83 bits per heavy atom. The highest BCUT2D eigenvalue weighted by atomic mass is 127. The van der Waals surface area contributed by atoms with Crippen molar-refractivity contribution >= 4 is 29.9 Å². The summed E-state index contributed by atoms with van der Waals surface area (Å²) >= 11 is 0. The predicted octanol–water partition coefficient (Wildman–Crippen LogP) is 2.96. The van der Waals surface area contributed by atoms with Crippen LogP contribution < -0.4 is 15.4 Å². The number of rotatable bonds is 9. The summed E-state index contributed by atoms with van der Waals surface area (Å²) in [5, 5.41) is 16.9. The summed E-state index contributed by atoms with van der Waals surface area (Å²) in [7, 11) is 1.69. The van der Waals surface area contributed by atoms with Gasteiger partial charge in [-0.15, -0.1) is 24.0 Å². The second-order valence-corrected chi connectivity index (χ2v) is 5.62. The fourth-order valence-corrected chi connectivity index (χ4v) is 2.27. The van der Waals surface area contributed by atoms with Gasteiger partial charge in [0.2, 0.25) is 0 Å². The number of hydrogen-bond acceptors (Lipinski definition) is 3. The molecule has 1 aromatic rings. The molecule has 0 spiro atoms. The van der Waals surface area contributed by atoms with E-state index in [1.165, 1.54) is 0 Å². The number of benzene rings is 1. The maximum Gasteiger partial charge on any atom is 0.191 e. The summed E-state index contributed by atoms with van der Waals surface area (Å²) in [5.74, 6) is 1.64. The lowest BCUT2D eigenvalue weighted by Gasteiger charge is -2.23. The Bertz CT molecular complexity index is 491. The maximum absolute atomic E-state index is 10.3. The zero-order chi connectivity index (χ0) is 17.1. The number of methoxy groups -OCH3 is 1. The summed E-state index contributed by atoms with van der Waals surface area (Å²) in [6, 6.07) is 8.02. The molecule has 0 aliphatic rings. The van der Waals surface area contributed by atoms with Crippen LogP contribution in [0.4, 0.5) is 0 Å². The zero-order valence-electron chi connectivity index (χ0n) is 15.3. The third kappa shape index (κ3) is 7.70. The first-order valence-corrected chi connectivity index (χ1v) is 8.45. The fraction of sp³-hybridized carbons (Fsp3) is 0.611. The van der Waals surface area contributed by atoms with E-state index in [0.717, 1.165) is 36.8 Å². The van der Waals surface area contributed by atoms with Crippen LogP contribution in [0.25, 0.3) is 0 Å². The lowest BCUT2D eigenvalue weighted by molar-refractivity contribution is 0.0418. The molecule has 0 saturated heterocycles. The summed E-state index contributed by atoms with van der Waals surface area (Å²) in [4.78, 5) is 4.51. The van der Waals surface area contributed by atoms with Crippen LogP contribution in [0, 0.1) is 0 Å². The molecule has 138 valence electrons. The van der Waals surface area contributed by atoms with E-state index in [4.69, 9.17) is 4.74 Å². The van der Waals surface area contributed by atoms with Gasteiger partial charge in [0.25, 0.3) is 0 Å². The molecule has 0 bridgehead atoms. The molecule has 0 unspecified atom stereocenters. The van der Waals surface area contributed by atoms with Gasteiger partial charge in [0.1, 0.15) is 5.75 Å². The van der Waals surface area contributed by atoms with Crippen molar-refractivity contribution in [3.05, 3.63) is 29.8 Å². The van der Waals surface area contributed by atoms with Crippen LogP contribution in [0.2, 0.25) is 0 Å². The number of guanidine groups is 1. The molecule has 0 atom stereocenters. The normalized spacial score (nSPS) is 11.6. The van der Waals surface area contributed by atoms with Gasteiger partial charge in [-0.2, -0.15) is 0 Å². The van der Waals surface area contributed by atoms with E-state index < -0.39 is 5.60 Å². The van der Waals surface area contributed by atoms with Crippen molar-refractivity contribution in [1.82, 2.24) is 10.6 Å². The molecule has 5 nitrogen and oxygen atoms in total. The van der Waals surface area contributed by atoms with E-state index in [-0.39, 0.29) is 24.0 Å². The van der Waals surface area contributed by atoms with Gasteiger partial charge in [0, 0.05) is 13.1 Å². The smallest absolute Gasteiger partial charge is 0.191 e. The standard InChI is InChI=1S/C18H31N3O2.HI/c1-5-18(22,6-2)14-21-17(19-7-3)20-13-12-15-10-8-9-11-16(15)23-4;/h8-11,22H,5-7,12-14H2,1-4H3,(H2,19,20,21);1H. The maximum atomic E-state index is 10.3. The van der Waals surface area contributed by atoms with E-state index in [9.17, 15) is 5.11 Å². The first-order valence-electron chi connectivity index (χ1n) is 8.45. The molecule has 0 fully saturated rings. The molecule has 0 heterocycles.